The highest BCUT2D eigenvalue weighted by Gasteiger charge is 2.35. The Morgan fingerprint density at radius 2 is 2.40 bits per heavy atom. The summed E-state index contributed by atoms with van der Waals surface area (Å²) in [5.74, 6) is -1.11. The van der Waals surface area contributed by atoms with Gasteiger partial charge < -0.3 is 25.4 Å². The lowest BCUT2D eigenvalue weighted by atomic mass is 10.1. The van der Waals surface area contributed by atoms with Crippen molar-refractivity contribution >= 4 is 12.0 Å². The van der Waals surface area contributed by atoms with E-state index in [1.165, 1.54) is 17.4 Å². The third-order valence-corrected chi connectivity index (χ3v) is 3.31. The molecule has 4 N–H and O–H groups in total. The van der Waals surface area contributed by atoms with Gasteiger partial charge in [-0.1, -0.05) is 0 Å². The van der Waals surface area contributed by atoms with Crippen molar-refractivity contribution in [2.45, 2.75) is 31.4 Å². The van der Waals surface area contributed by atoms with E-state index in [9.17, 15) is 14.7 Å². The summed E-state index contributed by atoms with van der Waals surface area (Å²) in [7, 11) is 0. The van der Waals surface area contributed by atoms with Gasteiger partial charge in [0.25, 0.3) is 0 Å². The van der Waals surface area contributed by atoms with Crippen LogP contribution in [0.2, 0.25) is 0 Å². The van der Waals surface area contributed by atoms with Crippen molar-refractivity contribution in [3.8, 4) is 0 Å². The molecular formula is C12H18N4O4. The lowest BCUT2D eigenvalue weighted by molar-refractivity contribution is -0.139. The van der Waals surface area contributed by atoms with Crippen LogP contribution in [-0.4, -0.2) is 61.8 Å². The number of carbonyl (C=O) groups excluding carboxylic acids is 1. The molecular weight excluding hydrogens is 264 g/mol. The van der Waals surface area contributed by atoms with Crippen LogP contribution in [0.25, 0.3) is 0 Å². The highest BCUT2D eigenvalue weighted by molar-refractivity contribution is 5.83. The summed E-state index contributed by atoms with van der Waals surface area (Å²) < 4.78 is 0. The van der Waals surface area contributed by atoms with Gasteiger partial charge in [-0.05, 0) is 13.3 Å². The largest absolute Gasteiger partial charge is 0.480 e. The number of aliphatic carboxylic acids is 1. The number of β-amino-alcohol motifs (C(OH)–C–C–N with tert-alkyl or cyclic N) is 1. The smallest absolute Gasteiger partial charge is 0.326 e. The Kier molecular flexibility index (Phi) is 3.93. The summed E-state index contributed by atoms with van der Waals surface area (Å²) in [5.41, 5.74) is -0.273. The van der Waals surface area contributed by atoms with Crippen LogP contribution in [0.4, 0.5) is 4.79 Å². The number of nitrogens with zero attached hydrogens (tertiary/aromatic N) is 2. The monoisotopic (exact) mass is 282 g/mol. The first-order valence-corrected chi connectivity index (χ1v) is 6.35. The summed E-state index contributed by atoms with van der Waals surface area (Å²) >= 11 is 0. The lowest BCUT2D eigenvalue weighted by Gasteiger charge is -2.22. The summed E-state index contributed by atoms with van der Waals surface area (Å²) in [6.07, 6.45) is 3.58. The molecule has 2 atom stereocenters. The summed E-state index contributed by atoms with van der Waals surface area (Å²) in [4.78, 5) is 31.2. The van der Waals surface area contributed by atoms with Crippen molar-refractivity contribution in [1.82, 2.24) is 20.2 Å². The third kappa shape index (κ3) is 3.47. The van der Waals surface area contributed by atoms with E-state index in [0.29, 0.717) is 18.7 Å². The van der Waals surface area contributed by atoms with E-state index < -0.39 is 23.6 Å². The molecule has 0 aromatic carbocycles. The number of nitrogens with one attached hydrogen (secondary N) is 2. The van der Waals surface area contributed by atoms with Gasteiger partial charge in [0.2, 0.25) is 0 Å². The Morgan fingerprint density at radius 1 is 1.65 bits per heavy atom. The number of hydrogen-bond acceptors (Lipinski definition) is 4. The molecule has 2 amide bonds. The van der Waals surface area contributed by atoms with Crippen LogP contribution < -0.4 is 5.32 Å². The first kappa shape index (κ1) is 14.3. The number of carbonyl (C=O) groups is 2. The predicted molar refractivity (Wildman–Crippen MR) is 69.1 cm³/mol. The van der Waals surface area contributed by atoms with Gasteiger partial charge in [0.1, 0.15) is 6.04 Å². The van der Waals surface area contributed by atoms with Gasteiger partial charge in [0.05, 0.1) is 18.5 Å². The molecule has 1 aromatic rings. The lowest BCUT2D eigenvalue weighted by Crippen LogP contribution is -2.49. The topological polar surface area (TPSA) is 119 Å². The van der Waals surface area contributed by atoms with Crippen LogP contribution in [-0.2, 0) is 11.2 Å². The number of aromatic nitrogens is 2. The first-order chi connectivity index (χ1) is 9.37. The second-order valence-electron chi connectivity index (χ2n) is 5.29. The zero-order valence-electron chi connectivity index (χ0n) is 11.2. The molecule has 2 heterocycles. The van der Waals surface area contributed by atoms with Crippen LogP contribution >= 0.6 is 0 Å². The second-order valence-corrected chi connectivity index (χ2v) is 5.29. The van der Waals surface area contributed by atoms with Crippen molar-refractivity contribution in [3.05, 3.63) is 18.2 Å². The maximum Gasteiger partial charge on any atom is 0.326 e. The predicted octanol–water partition coefficient (Wildman–Crippen LogP) is -0.428. The van der Waals surface area contributed by atoms with Crippen LogP contribution in [0.5, 0.6) is 0 Å². The highest BCUT2D eigenvalue weighted by Crippen LogP contribution is 2.20. The number of aliphatic hydroxyl groups is 1. The molecule has 8 heteroatoms. The number of aromatic amines is 1. The average molecular weight is 282 g/mol. The number of imidazole rings is 1. The Morgan fingerprint density at radius 3 is 2.90 bits per heavy atom. The molecule has 2 rings (SSSR count). The fraction of sp³-hybridized carbons (Fsp3) is 0.583. The number of amides is 2. The number of rotatable bonds is 4. The van der Waals surface area contributed by atoms with Gasteiger partial charge in [-0.2, -0.15) is 0 Å². The van der Waals surface area contributed by atoms with Crippen LogP contribution in [0, 0.1) is 0 Å². The molecule has 0 bridgehead atoms. The molecule has 0 spiro atoms. The van der Waals surface area contributed by atoms with E-state index in [0.717, 1.165) is 0 Å². The fourth-order valence-corrected chi connectivity index (χ4v) is 2.18. The molecule has 1 fully saturated rings. The van der Waals surface area contributed by atoms with E-state index in [1.807, 2.05) is 0 Å². The average Bonchev–Trinajstić information content (AvgIpc) is 2.97. The zero-order valence-corrected chi connectivity index (χ0v) is 11.2. The van der Waals surface area contributed by atoms with Gasteiger partial charge in [-0.3, -0.25) is 0 Å². The Labute approximate surface area is 115 Å². The number of hydrogen-bond donors (Lipinski definition) is 4. The van der Waals surface area contributed by atoms with Crippen LogP contribution in [0.1, 0.15) is 19.0 Å². The second kappa shape index (κ2) is 5.49. The highest BCUT2D eigenvalue weighted by atomic mass is 16.4. The van der Waals surface area contributed by atoms with Gasteiger partial charge in [0, 0.05) is 24.9 Å². The molecule has 0 radical (unpaired) electrons. The van der Waals surface area contributed by atoms with Crippen LogP contribution in [0.15, 0.2) is 12.5 Å². The number of likely N-dealkylation sites (tertiary alicyclic amines) is 1. The number of urea groups is 1. The van der Waals surface area contributed by atoms with E-state index in [-0.39, 0.29) is 13.0 Å². The van der Waals surface area contributed by atoms with Gasteiger partial charge in [-0.25, -0.2) is 14.6 Å². The molecule has 1 aromatic heterocycles. The normalized spacial score (nSPS) is 23.6. The molecule has 8 nitrogen and oxygen atoms in total. The summed E-state index contributed by atoms with van der Waals surface area (Å²) in [5, 5.41) is 21.4. The summed E-state index contributed by atoms with van der Waals surface area (Å²) in [6, 6.07) is -1.51. The third-order valence-electron chi connectivity index (χ3n) is 3.31. The molecule has 1 aliphatic rings. The molecule has 1 unspecified atom stereocenters. The number of carboxylic acids is 1. The SMILES string of the molecule is CC1(O)CCN(C(=O)N[C@@H](Cc2cnc[nH]2)C(=O)O)C1. The number of carboxylic acid groups (broad SMARTS) is 1. The maximum atomic E-state index is 12.0. The summed E-state index contributed by atoms with van der Waals surface area (Å²) in [6.45, 7) is 2.27. The van der Waals surface area contributed by atoms with Gasteiger partial charge in [0.15, 0.2) is 0 Å². The van der Waals surface area contributed by atoms with E-state index in [2.05, 4.69) is 15.3 Å². The standard InChI is InChI=1S/C12H18N4O4/c1-12(20)2-3-16(6-12)11(19)15-9(10(17)18)4-8-5-13-7-14-8/h5,7,9,20H,2-4,6H2,1H3,(H,13,14)(H,15,19)(H,17,18)/t9-,12?/m0/s1. The fourth-order valence-electron chi connectivity index (χ4n) is 2.18. The molecule has 1 aliphatic heterocycles. The zero-order chi connectivity index (χ0) is 14.8. The van der Waals surface area contributed by atoms with E-state index in [1.54, 1.807) is 6.92 Å². The van der Waals surface area contributed by atoms with E-state index >= 15 is 0 Å². The van der Waals surface area contributed by atoms with Crippen molar-refractivity contribution in [2.75, 3.05) is 13.1 Å². The first-order valence-electron chi connectivity index (χ1n) is 6.35. The van der Waals surface area contributed by atoms with Crippen molar-refractivity contribution in [2.24, 2.45) is 0 Å². The van der Waals surface area contributed by atoms with E-state index in [4.69, 9.17) is 5.11 Å². The van der Waals surface area contributed by atoms with Gasteiger partial charge >= 0.3 is 12.0 Å². The van der Waals surface area contributed by atoms with Crippen molar-refractivity contribution in [3.63, 3.8) is 0 Å². The minimum atomic E-state index is -1.11. The molecule has 20 heavy (non-hydrogen) atoms. The van der Waals surface area contributed by atoms with Crippen molar-refractivity contribution < 1.29 is 19.8 Å². The minimum absolute atomic E-state index is 0.130. The van der Waals surface area contributed by atoms with Crippen LogP contribution in [0.3, 0.4) is 0 Å². The quantitative estimate of drug-likeness (QED) is 0.597. The van der Waals surface area contributed by atoms with Crippen molar-refractivity contribution in [1.29, 1.82) is 0 Å². The molecule has 1 saturated heterocycles. The Bertz CT molecular complexity index is 486. The Hall–Kier alpha value is -2.09. The molecule has 0 saturated carbocycles. The molecule has 0 aliphatic carbocycles. The van der Waals surface area contributed by atoms with Gasteiger partial charge in [-0.15, -0.1) is 0 Å². The maximum absolute atomic E-state index is 12.0. The Balaban J connectivity index is 1.95. The minimum Gasteiger partial charge on any atom is -0.480 e. The number of H-pyrrole nitrogens is 1. The molecule has 110 valence electrons.